The number of nitrogen functional groups attached to an aromatic ring is 2. The maximum Gasteiger partial charge on any atom is 0.0618 e. The summed E-state index contributed by atoms with van der Waals surface area (Å²) in [7, 11) is 0. The molecule has 0 aliphatic heterocycles. The van der Waals surface area contributed by atoms with Gasteiger partial charge in [-0.2, -0.15) is 0 Å². The first-order valence-corrected chi connectivity index (χ1v) is 7.21. The monoisotopic (exact) mass is 289 g/mol. The molecule has 0 saturated heterocycles. The van der Waals surface area contributed by atoms with Crippen LogP contribution in [0, 0.1) is 6.92 Å². The number of rotatable bonds is 3. The van der Waals surface area contributed by atoms with Gasteiger partial charge >= 0.3 is 0 Å². The van der Waals surface area contributed by atoms with Crippen molar-refractivity contribution in [3.05, 3.63) is 72.3 Å². The number of nitrogens with two attached hydrogens (primary N) is 2. The van der Waals surface area contributed by atoms with Crippen LogP contribution in [0.5, 0.6) is 0 Å². The zero-order valence-corrected chi connectivity index (χ0v) is 12.5. The van der Waals surface area contributed by atoms with Crippen molar-refractivity contribution in [1.29, 1.82) is 0 Å². The van der Waals surface area contributed by atoms with Crippen molar-refractivity contribution in [2.45, 2.75) is 6.92 Å². The number of nitrogens with one attached hydrogen (secondary N) is 1. The quantitative estimate of drug-likeness (QED) is 0.619. The van der Waals surface area contributed by atoms with E-state index in [0.717, 1.165) is 28.2 Å². The van der Waals surface area contributed by atoms with E-state index in [4.69, 9.17) is 11.5 Å². The van der Waals surface area contributed by atoms with Gasteiger partial charge in [0.25, 0.3) is 0 Å². The molecule has 0 aliphatic carbocycles. The largest absolute Gasteiger partial charge is 0.399 e. The van der Waals surface area contributed by atoms with Crippen molar-refractivity contribution in [2.24, 2.45) is 0 Å². The molecule has 3 heteroatoms. The molecule has 110 valence electrons. The van der Waals surface area contributed by atoms with E-state index in [1.165, 1.54) is 5.56 Å². The summed E-state index contributed by atoms with van der Waals surface area (Å²) in [5.74, 6) is 0. The fourth-order valence-corrected chi connectivity index (χ4v) is 2.37. The van der Waals surface area contributed by atoms with Crippen LogP contribution in [0.4, 0.5) is 22.7 Å². The van der Waals surface area contributed by atoms with E-state index in [0.29, 0.717) is 5.69 Å². The summed E-state index contributed by atoms with van der Waals surface area (Å²) in [4.78, 5) is 0. The van der Waals surface area contributed by atoms with E-state index in [9.17, 15) is 0 Å². The highest BCUT2D eigenvalue weighted by Crippen LogP contribution is 2.29. The van der Waals surface area contributed by atoms with E-state index in [1.807, 2.05) is 36.4 Å². The first-order chi connectivity index (χ1) is 10.6. The zero-order valence-electron chi connectivity index (χ0n) is 12.5. The van der Waals surface area contributed by atoms with Crippen molar-refractivity contribution in [1.82, 2.24) is 0 Å². The minimum atomic E-state index is 0.709. The molecule has 0 bridgehead atoms. The highest BCUT2D eigenvalue weighted by molar-refractivity contribution is 5.79. The van der Waals surface area contributed by atoms with Gasteiger partial charge in [-0.15, -0.1) is 0 Å². The van der Waals surface area contributed by atoms with Crippen LogP contribution >= 0.6 is 0 Å². The highest BCUT2D eigenvalue weighted by Gasteiger charge is 2.04. The Kier molecular flexibility index (Phi) is 3.71. The third-order valence-electron chi connectivity index (χ3n) is 3.60. The van der Waals surface area contributed by atoms with Crippen molar-refractivity contribution in [2.75, 3.05) is 16.8 Å². The first kappa shape index (κ1) is 14.0. The molecular formula is C19H19N3. The Morgan fingerprint density at radius 3 is 2.18 bits per heavy atom. The summed E-state index contributed by atoms with van der Waals surface area (Å²) >= 11 is 0. The Bertz CT molecular complexity index is 792. The molecule has 0 amide bonds. The van der Waals surface area contributed by atoms with Gasteiger partial charge in [0.2, 0.25) is 0 Å². The molecule has 22 heavy (non-hydrogen) atoms. The normalized spacial score (nSPS) is 10.4. The third-order valence-corrected chi connectivity index (χ3v) is 3.60. The molecule has 0 atom stereocenters. The van der Waals surface area contributed by atoms with E-state index in [2.05, 4.69) is 42.6 Å². The fraction of sp³-hybridized carbons (Fsp3) is 0.0526. The summed E-state index contributed by atoms with van der Waals surface area (Å²) in [5.41, 5.74) is 18.7. The molecule has 0 radical (unpaired) electrons. The summed E-state index contributed by atoms with van der Waals surface area (Å²) < 4.78 is 0. The lowest BCUT2D eigenvalue weighted by Crippen LogP contribution is -1.97. The fourth-order valence-electron chi connectivity index (χ4n) is 2.37. The molecule has 0 saturated carbocycles. The Balaban J connectivity index is 1.87. The molecule has 0 spiro atoms. The average Bonchev–Trinajstić information content (AvgIpc) is 2.50. The van der Waals surface area contributed by atoms with Gasteiger partial charge in [-0.25, -0.2) is 0 Å². The predicted molar refractivity (Wildman–Crippen MR) is 95.2 cm³/mol. The molecule has 3 aromatic rings. The highest BCUT2D eigenvalue weighted by atomic mass is 14.9. The molecular weight excluding hydrogens is 270 g/mol. The van der Waals surface area contributed by atoms with Gasteiger partial charge in [0.05, 0.1) is 11.4 Å². The summed E-state index contributed by atoms with van der Waals surface area (Å²) in [6.07, 6.45) is 0. The summed E-state index contributed by atoms with van der Waals surface area (Å²) in [5, 5.41) is 3.30. The minimum Gasteiger partial charge on any atom is -0.399 e. The van der Waals surface area contributed by atoms with Crippen LogP contribution in [0.1, 0.15) is 5.56 Å². The molecule has 3 aromatic carbocycles. The van der Waals surface area contributed by atoms with Crippen molar-refractivity contribution in [3.63, 3.8) is 0 Å². The van der Waals surface area contributed by atoms with Crippen LogP contribution in [-0.2, 0) is 0 Å². The Hall–Kier alpha value is -2.94. The SMILES string of the molecule is Cc1ccc(-c2ccc(Nc3cccc(N)c3)c(N)c2)cc1. The molecule has 0 aromatic heterocycles. The van der Waals surface area contributed by atoms with E-state index >= 15 is 0 Å². The maximum atomic E-state index is 6.18. The van der Waals surface area contributed by atoms with Crippen LogP contribution in [-0.4, -0.2) is 0 Å². The molecule has 5 N–H and O–H groups in total. The summed E-state index contributed by atoms with van der Waals surface area (Å²) in [6.45, 7) is 2.08. The first-order valence-electron chi connectivity index (χ1n) is 7.21. The standard InChI is InChI=1S/C19H19N3/c1-13-5-7-14(8-6-13)15-9-10-19(18(21)11-15)22-17-4-2-3-16(20)12-17/h2-12,22H,20-21H2,1H3. The second-order valence-corrected chi connectivity index (χ2v) is 5.42. The predicted octanol–water partition coefficient (Wildman–Crippen LogP) is 4.57. The van der Waals surface area contributed by atoms with Crippen LogP contribution in [0.15, 0.2) is 66.7 Å². The Labute approximate surface area is 130 Å². The van der Waals surface area contributed by atoms with Crippen LogP contribution < -0.4 is 16.8 Å². The van der Waals surface area contributed by atoms with Gasteiger partial charge < -0.3 is 16.8 Å². The van der Waals surface area contributed by atoms with Gasteiger partial charge in [-0.05, 0) is 48.4 Å². The van der Waals surface area contributed by atoms with Crippen molar-refractivity contribution in [3.8, 4) is 11.1 Å². The van der Waals surface area contributed by atoms with Gasteiger partial charge in [0, 0.05) is 11.4 Å². The molecule has 0 heterocycles. The van der Waals surface area contributed by atoms with Gasteiger partial charge in [-0.1, -0.05) is 42.0 Å². The van der Waals surface area contributed by atoms with Crippen molar-refractivity contribution >= 4 is 22.7 Å². The number of hydrogen-bond acceptors (Lipinski definition) is 3. The van der Waals surface area contributed by atoms with Gasteiger partial charge in [-0.3, -0.25) is 0 Å². The molecule has 0 unspecified atom stereocenters. The number of aryl methyl sites for hydroxylation is 1. The van der Waals surface area contributed by atoms with Gasteiger partial charge in [0.1, 0.15) is 0 Å². The lowest BCUT2D eigenvalue weighted by atomic mass is 10.0. The van der Waals surface area contributed by atoms with Crippen LogP contribution in [0.2, 0.25) is 0 Å². The molecule has 3 rings (SSSR count). The van der Waals surface area contributed by atoms with E-state index in [1.54, 1.807) is 0 Å². The topological polar surface area (TPSA) is 64.1 Å². The molecule has 0 fully saturated rings. The van der Waals surface area contributed by atoms with E-state index in [-0.39, 0.29) is 0 Å². The maximum absolute atomic E-state index is 6.18. The second-order valence-electron chi connectivity index (χ2n) is 5.42. The zero-order chi connectivity index (χ0) is 15.5. The van der Waals surface area contributed by atoms with Crippen LogP contribution in [0.25, 0.3) is 11.1 Å². The second kappa shape index (κ2) is 5.82. The Morgan fingerprint density at radius 2 is 1.50 bits per heavy atom. The third kappa shape index (κ3) is 3.04. The van der Waals surface area contributed by atoms with E-state index < -0.39 is 0 Å². The number of hydrogen-bond donors (Lipinski definition) is 3. The smallest absolute Gasteiger partial charge is 0.0618 e. The number of anilines is 4. The van der Waals surface area contributed by atoms with Gasteiger partial charge in [0.15, 0.2) is 0 Å². The minimum absolute atomic E-state index is 0.709. The molecule has 3 nitrogen and oxygen atoms in total. The summed E-state index contributed by atoms with van der Waals surface area (Å²) in [6, 6.07) is 22.1. The lowest BCUT2D eigenvalue weighted by molar-refractivity contribution is 1.47. The molecule has 0 aliphatic rings. The lowest BCUT2D eigenvalue weighted by Gasteiger charge is -2.12. The van der Waals surface area contributed by atoms with Crippen LogP contribution in [0.3, 0.4) is 0 Å². The number of benzene rings is 3. The average molecular weight is 289 g/mol. The Morgan fingerprint density at radius 1 is 0.773 bits per heavy atom. The van der Waals surface area contributed by atoms with Crippen molar-refractivity contribution < 1.29 is 0 Å².